The van der Waals surface area contributed by atoms with Crippen LogP contribution in [0.4, 0.5) is 5.69 Å². The zero-order chi connectivity index (χ0) is 16.4. The first-order chi connectivity index (χ1) is 11.1. The summed E-state index contributed by atoms with van der Waals surface area (Å²) in [5.41, 5.74) is 0.872. The van der Waals surface area contributed by atoms with Crippen molar-refractivity contribution in [3.8, 4) is 0 Å². The van der Waals surface area contributed by atoms with Crippen LogP contribution in [-0.2, 0) is 4.79 Å². The minimum absolute atomic E-state index is 0.214. The maximum Gasteiger partial charge on any atom is 0.257 e. The number of hydrogen-bond donors (Lipinski definition) is 1. The number of anilines is 1. The number of likely N-dealkylation sites (tertiary alicyclic amines) is 1. The minimum atomic E-state index is -0.535. The molecule has 1 fully saturated rings. The highest BCUT2D eigenvalue weighted by atomic mass is 35.5. The SMILES string of the molecule is O=C(Nc1cc(Cl)ccc1Cl)[C@H]1CCCN1C(=O)c1ccoc1. The highest BCUT2D eigenvalue weighted by Gasteiger charge is 2.35. The number of halogens is 2. The Morgan fingerprint density at radius 1 is 1.26 bits per heavy atom. The number of benzene rings is 1. The lowest BCUT2D eigenvalue weighted by atomic mass is 10.2. The highest BCUT2D eigenvalue weighted by Crippen LogP contribution is 2.27. The zero-order valence-corrected chi connectivity index (χ0v) is 13.6. The molecule has 1 atom stereocenters. The number of amides is 2. The van der Waals surface area contributed by atoms with Gasteiger partial charge in [0.15, 0.2) is 0 Å². The summed E-state index contributed by atoms with van der Waals surface area (Å²) < 4.78 is 4.94. The van der Waals surface area contributed by atoms with Crippen molar-refractivity contribution in [3.05, 3.63) is 52.4 Å². The van der Waals surface area contributed by atoms with Crippen molar-refractivity contribution >= 4 is 40.7 Å². The van der Waals surface area contributed by atoms with Crippen molar-refractivity contribution in [2.24, 2.45) is 0 Å². The second-order valence-corrected chi connectivity index (χ2v) is 6.13. The van der Waals surface area contributed by atoms with Crippen molar-refractivity contribution in [2.75, 3.05) is 11.9 Å². The van der Waals surface area contributed by atoms with E-state index in [1.807, 2.05) is 0 Å². The third-order valence-electron chi connectivity index (χ3n) is 3.77. The van der Waals surface area contributed by atoms with E-state index in [0.29, 0.717) is 34.3 Å². The molecule has 2 amide bonds. The van der Waals surface area contributed by atoms with Gasteiger partial charge in [-0.1, -0.05) is 23.2 Å². The Balaban J connectivity index is 1.76. The van der Waals surface area contributed by atoms with E-state index in [0.717, 1.165) is 6.42 Å². The van der Waals surface area contributed by atoms with E-state index in [9.17, 15) is 9.59 Å². The molecule has 1 aromatic carbocycles. The molecule has 3 rings (SSSR count). The summed E-state index contributed by atoms with van der Waals surface area (Å²) in [7, 11) is 0. The molecule has 0 unspecified atom stereocenters. The number of nitrogens with one attached hydrogen (secondary N) is 1. The molecule has 1 aromatic heterocycles. The number of furan rings is 1. The Hall–Kier alpha value is -1.98. The van der Waals surface area contributed by atoms with Crippen molar-refractivity contribution < 1.29 is 14.0 Å². The van der Waals surface area contributed by atoms with Crippen LogP contribution in [0.3, 0.4) is 0 Å². The molecule has 1 aliphatic heterocycles. The van der Waals surface area contributed by atoms with Gasteiger partial charge in [-0.2, -0.15) is 0 Å². The summed E-state index contributed by atoms with van der Waals surface area (Å²) in [6.45, 7) is 0.533. The number of nitrogens with zero attached hydrogens (tertiary/aromatic N) is 1. The van der Waals surface area contributed by atoms with Crippen molar-refractivity contribution in [2.45, 2.75) is 18.9 Å². The maximum absolute atomic E-state index is 12.5. The van der Waals surface area contributed by atoms with Crippen LogP contribution in [0.1, 0.15) is 23.2 Å². The van der Waals surface area contributed by atoms with E-state index in [1.54, 1.807) is 29.2 Å². The van der Waals surface area contributed by atoms with Crippen LogP contribution in [0.15, 0.2) is 41.2 Å². The van der Waals surface area contributed by atoms with Crippen molar-refractivity contribution in [1.29, 1.82) is 0 Å². The standard InChI is InChI=1S/C16H14Cl2N2O3/c17-11-3-4-12(18)13(8-11)19-15(21)14-2-1-6-20(14)16(22)10-5-7-23-9-10/h3-5,7-9,14H,1-2,6H2,(H,19,21)/t14-/m1/s1. The Kier molecular flexibility index (Phi) is 4.59. The fourth-order valence-electron chi connectivity index (χ4n) is 2.64. The molecule has 7 heteroatoms. The lowest BCUT2D eigenvalue weighted by molar-refractivity contribution is -0.119. The van der Waals surface area contributed by atoms with Gasteiger partial charge in [0.1, 0.15) is 12.3 Å². The second-order valence-electron chi connectivity index (χ2n) is 5.28. The number of carbonyl (C=O) groups excluding carboxylic acids is 2. The van der Waals surface area contributed by atoms with Crippen LogP contribution >= 0.6 is 23.2 Å². The molecule has 2 aromatic rings. The van der Waals surface area contributed by atoms with Gasteiger partial charge in [0.25, 0.3) is 5.91 Å². The largest absolute Gasteiger partial charge is 0.472 e. The van der Waals surface area contributed by atoms with E-state index < -0.39 is 6.04 Å². The summed E-state index contributed by atoms with van der Waals surface area (Å²) in [5, 5.41) is 3.62. The van der Waals surface area contributed by atoms with Gasteiger partial charge in [0, 0.05) is 11.6 Å². The molecule has 0 saturated carbocycles. The van der Waals surface area contributed by atoms with Gasteiger partial charge in [-0.3, -0.25) is 9.59 Å². The fourth-order valence-corrected chi connectivity index (χ4v) is 2.98. The first kappa shape index (κ1) is 15.9. The monoisotopic (exact) mass is 352 g/mol. The van der Waals surface area contributed by atoms with E-state index in [1.165, 1.54) is 12.5 Å². The number of carbonyl (C=O) groups is 2. The van der Waals surface area contributed by atoms with Crippen molar-refractivity contribution in [1.82, 2.24) is 4.90 Å². The Morgan fingerprint density at radius 3 is 2.83 bits per heavy atom. The van der Waals surface area contributed by atoms with E-state index >= 15 is 0 Å². The first-order valence-corrected chi connectivity index (χ1v) is 7.91. The first-order valence-electron chi connectivity index (χ1n) is 7.15. The third kappa shape index (κ3) is 3.35. The molecule has 1 N–H and O–H groups in total. The Labute approximate surface area is 143 Å². The molecule has 1 aliphatic rings. The molecule has 5 nitrogen and oxygen atoms in total. The molecule has 0 radical (unpaired) electrons. The Morgan fingerprint density at radius 2 is 2.09 bits per heavy atom. The smallest absolute Gasteiger partial charge is 0.257 e. The molecular formula is C16H14Cl2N2O3. The van der Waals surface area contributed by atoms with E-state index in [-0.39, 0.29) is 11.8 Å². The van der Waals surface area contributed by atoms with E-state index in [4.69, 9.17) is 27.6 Å². The number of rotatable bonds is 3. The second kappa shape index (κ2) is 6.64. The lowest BCUT2D eigenvalue weighted by Crippen LogP contribution is -2.43. The third-order valence-corrected chi connectivity index (χ3v) is 4.34. The molecule has 1 saturated heterocycles. The van der Waals surface area contributed by atoms with Gasteiger partial charge in [-0.15, -0.1) is 0 Å². The summed E-state index contributed by atoms with van der Waals surface area (Å²) in [4.78, 5) is 26.5. The van der Waals surface area contributed by atoms with Gasteiger partial charge in [-0.25, -0.2) is 0 Å². The van der Waals surface area contributed by atoms with Gasteiger partial charge in [-0.05, 0) is 37.1 Å². The average molecular weight is 353 g/mol. The molecule has 0 bridgehead atoms. The molecule has 0 aliphatic carbocycles. The molecular weight excluding hydrogens is 339 g/mol. The summed E-state index contributed by atoms with van der Waals surface area (Å²) in [6.07, 6.45) is 4.19. The van der Waals surface area contributed by atoms with Crippen LogP contribution in [0.2, 0.25) is 10.0 Å². The fraction of sp³-hybridized carbons (Fsp3) is 0.250. The van der Waals surface area contributed by atoms with Crippen LogP contribution in [0.25, 0.3) is 0 Å². The van der Waals surface area contributed by atoms with Crippen molar-refractivity contribution in [3.63, 3.8) is 0 Å². The van der Waals surface area contributed by atoms with Crippen LogP contribution in [0.5, 0.6) is 0 Å². The van der Waals surface area contributed by atoms with Crippen LogP contribution < -0.4 is 5.32 Å². The predicted molar refractivity (Wildman–Crippen MR) is 87.9 cm³/mol. The lowest BCUT2D eigenvalue weighted by Gasteiger charge is -2.23. The quantitative estimate of drug-likeness (QED) is 0.912. The maximum atomic E-state index is 12.5. The average Bonchev–Trinajstić information content (AvgIpc) is 3.20. The van der Waals surface area contributed by atoms with Crippen LogP contribution in [0, 0.1) is 0 Å². The minimum Gasteiger partial charge on any atom is -0.472 e. The van der Waals surface area contributed by atoms with Gasteiger partial charge in [0.05, 0.1) is 22.5 Å². The summed E-state index contributed by atoms with van der Waals surface area (Å²) in [6, 6.07) is 5.89. The molecule has 120 valence electrons. The summed E-state index contributed by atoms with van der Waals surface area (Å²) >= 11 is 12.0. The van der Waals surface area contributed by atoms with Gasteiger partial charge < -0.3 is 14.6 Å². The Bertz CT molecular complexity index is 731. The highest BCUT2D eigenvalue weighted by molar-refractivity contribution is 6.35. The van der Waals surface area contributed by atoms with E-state index in [2.05, 4.69) is 5.32 Å². The molecule has 2 heterocycles. The predicted octanol–water partition coefficient (Wildman–Crippen LogP) is 3.83. The van der Waals surface area contributed by atoms with Gasteiger partial charge in [0.2, 0.25) is 5.91 Å². The number of hydrogen-bond acceptors (Lipinski definition) is 3. The topological polar surface area (TPSA) is 62.6 Å². The normalized spacial score (nSPS) is 17.3. The molecule has 23 heavy (non-hydrogen) atoms. The van der Waals surface area contributed by atoms with Crippen LogP contribution in [-0.4, -0.2) is 29.3 Å². The molecule has 0 spiro atoms. The summed E-state index contributed by atoms with van der Waals surface area (Å²) in [5.74, 6) is -0.489. The zero-order valence-electron chi connectivity index (χ0n) is 12.1. The van der Waals surface area contributed by atoms with Gasteiger partial charge >= 0.3 is 0 Å².